The van der Waals surface area contributed by atoms with E-state index in [9.17, 15) is 10.4 Å². The zero-order valence-electron chi connectivity index (χ0n) is 19.0. The fourth-order valence-corrected chi connectivity index (χ4v) is 4.81. The third-order valence-corrected chi connectivity index (χ3v) is 6.47. The molecule has 4 aromatic rings. The van der Waals surface area contributed by atoms with Crippen LogP contribution in [0.2, 0.25) is 0 Å². The van der Waals surface area contributed by atoms with Crippen LogP contribution in [0, 0.1) is 17.2 Å². The van der Waals surface area contributed by atoms with Crippen LogP contribution in [0.4, 0.5) is 0 Å². The van der Waals surface area contributed by atoms with Gasteiger partial charge in [0.1, 0.15) is 0 Å². The Kier molecular flexibility index (Phi) is 5.47. The van der Waals surface area contributed by atoms with E-state index in [2.05, 4.69) is 40.5 Å². The number of fused-ring (bicyclic) bond motifs is 1. The lowest BCUT2D eigenvalue weighted by Crippen LogP contribution is -2.26. The van der Waals surface area contributed by atoms with Crippen molar-refractivity contribution in [3.05, 3.63) is 60.9 Å². The first kappa shape index (κ1) is 21.4. The molecule has 3 heterocycles. The summed E-state index contributed by atoms with van der Waals surface area (Å²) in [6, 6.07) is 10.8. The van der Waals surface area contributed by atoms with Crippen LogP contribution >= 0.6 is 0 Å². The van der Waals surface area contributed by atoms with Gasteiger partial charge in [-0.15, -0.1) is 0 Å². The molecule has 0 radical (unpaired) electrons. The van der Waals surface area contributed by atoms with Crippen molar-refractivity contribution in [2.24, 2.45) is 5.92 Å². The Labute approximate surface area is 193 Å². The van der Waals surface area contributed by atoms with E-state index < -0.39 is 5.60 Å². The minimum Gasteiger partial charge on any atom is -0.389 e. The van der Waals surface area contributed by atoms with Crippen LogP contribution < -0.4 is 0 Å². The van der Waals surface area contributed by atoms with Crippen molar-refractivity contribution in [1.82, 2.24) is 24.4 Å². The van der Waals surface area contributed by atoms with Crippen molar-refractivity contribution in [1.29, 1.82) is 5.26 Å². The highest BCUT2D eigenvalue weighted by Gasteiger charge is 2.26. The summed E-state index contributed by atoms with van der Waals surface area (Å²) in [5.41, 5.74) is 5.59. The Bertz CT molecular complexity index is 1300. The number of hydrogen-bond acceptors (Lipinski definition) is 5. The first-order chi connectivity index (χ1) is 15.9. The molecule has 0 bridgehead atoms. The SMILES string of the molecule is CC(C)(O)Cn1cc(-c2ccc(-c3cnn4ccnc([C@H]5CC[C@H](C#N)CC5)c34)cc2)cn1. The molecule has 33 heavy (non-hydrogen) atoms. The third-order valence-electron chi connectivity index (χ3n) is 6.47. The monoisotopic (exact) mass is 440 g/mol. The van der Waals surface area contributed by atoms with Gasteiger partial charge in [-0.1, -0.05) is 24.3 Å². The van der Waals surface area contributed by atoms with Gasteiger partial charge in [-0.2, -0.15) is 15.5 Å². The van der Waals surface area contributed by atoms with Gasteiger partial charge in [0.15, 0.2) is 0 Å². The van der Waals surface area contributed by atoms with Crippen LogP contribution in [0.1, 0.15) is 51.1 Å². The van der Waals surface area contributed by atoms with E-state index in [0.29, 0.717) is 12.5 Å². The lowest BCUT2D eigenvalue weighted by atomic mass is 9.80. The fraction of sp³-hybridized carbons (Fsp3) is 0.385. The van der Waals surface area contributed by atoms with E-state index in [1.807, 2.05) is 35.5 Å². The lowest BCUT2D eigenvalue weighted by molar-refractivity contribution is 0.0577. The minimum atomic E-state index is -0.809. The van der Waals surface area contributed by atoms with E-state index in [1.165, 1.54) is 0 Å². The predicted molar refractivity (Wildman–Crippen MR) is 126 cm³/mol. The minimum absolute atomic E-state index is 0.172. The van der Waals surface area contributed by atoms with Crippen LogP contribution in [0.15, 0.2) is 55.2 Å². The number of hydrogen-bond donors (Lipinski definition) is 1. The van der Waals surface area contributed by atoms with Crippen molar-refractivity contribution in [2.75, 3.05) is 0 Å². The molecule has 0 aliphatic heterocycles. The first-order valence-electron chi connectivity index (χ1n) is 11.5. The predicted octanol–water partition coefficient (Wildman–Crippen LogP) is 4.83. The van der Waals surface area contributed by atoms with Crippen molar-refractivity contribution >= 4 is 5.52 Å². The summed E-state index contributed by atoms with van der Waals surface area (Å²) in [4.78, 5) is 4.76. The van der Waals surface area contributed by atoms with Gasteiger partial charge < -0.3 is 5.11 Å². The van der Waals surface area contributed by atoms with E-state index in [1.54, 1.807) is 18.5 Å². The summed E-state index contributed by atoms with van der Waals surface area (Å²) in [6.45, 7) is 3.99. The Morgan fingerprint density at radius 1 is 1.03 bits per heavy atom. The van der Waals surface area contributed by atoms with Crippen molar-refractivity contribution in [3.63, 3.8) is 0 Å². The summed E-state index contributed by atoms with van der Waals surface area (Å²) < 4.78 is 3.69. The summed E-state index contributed by atoms with van der Waals surface area (Å²) in [7, 11) is 0. The summed E-state index contributed by atoms with van der Waals surface area (Å²) in [6.07, 6.45) is 13.3. The molecule has 1 N–H and O–H groups in total. The van der Waals surface area contributed by atoms with Gasteiger partial charge in [-0.3, -0.25) is 9.67 Å². The second-order valence-corrected chi connectivity index (χ2v) is 9.66. The smallest absolute Gasteiger partial charge is 0.0958 e. The van der Waals surface area contributed by atoms with Gasteiger partial charge in [0.25, 0.3) is 0 Å². The molecule has 168 valence electrons. The van der Waals surface area contributed by atoms with Gasteiger partial charge in [-0.25, -0.2) is 4.52 Å². The number of aromatic nitrogens is 5. The van der Waals surface area contributed by atoms with Crippen molar-refractivity contribution in [2.45, 2.75) is 57.6 Å². The molecule has 1 aromatic carbocycles. The first-order valence-corrected chi connectivity index (χ1v) is 11.5. The van der Waals surface area contributed by atoms with Gasteiger partial charge in [0, 0.05) is 41.6 Å². The maximum absolute atomic E-state index is 10.0. The molecule has 1 aliphatic carbocycles. The highest BCUT2D eigenvalue weighted by molar-refractivity contribution is 5.83. The summed E-state index contributed by atoms with van der Waals surface area (Å²) in [5.74, 6) is 0.528. The zero-order chi connectivity index (χ0) is 23.0. The number of nitrogens with zero attached hydrogens (tertiary/aromatic N) is 6. The molecule has 0 amide bonds. The van der Waals surface area contributed by atoms with Crippen LogP contribution in [0.3, 0.4) is 0 Å². The summed E-state index contributed by atoms with van der Waals surface area (Å²) in [5, 5.41) is 28.2. The second-order valence-electron chi connectivity index (χ2n) is 9.66. The Morgan fingerprint density at radius 3 is 2.45 bits per heavy atom. The fourth-order valence-electron chi connectivity index (χ4n) is 4.81. The quantitative estimate of drug-likeness (QED) is 0.480. The Balaban J connectivity index is 1.44. The van der Waals surface area contributed by atoms with Crippen LogP contribution in [-0.2, 0) is 6.54 Å². The maximum Gasteiger partial charge on any atom is 0.0958 e. The Morgan fingerprint density at radius 2 is 1.76 bits per heavy atom. The van der Waals surface area contributed by atoms with Gasteiger partial charge >= 0.3 is 0 Å². The van der Waals surface area contributed by atoms with Crippen LogP contribution in [-0.4, -0.2) is 35.1 Å². The highest BCUT2D eigenvalue weighted by atomic mass is 16.3. The van der Waals surface area contributed by atoms with E-state index in [0.717, 1.165) is 59.1 Å². The molecular weight excluding hydrogens is 412 g/mol. The number of nitriles is 1. The average molecular weight is 441 g/mol. The molecule has 0 atom stereocenters. The van der Waals surface area contributed by atoms with E-state index in [-0.39, 0.29) is 5.92 Å². The molecule has 1 aliphatic rings. The molecule has 1 fully saturated rings. The van der Waals surface area contributed by atoms with Crippen molar-refractivity contribution in [3.8, 4) is 28.3 Å². The van der Waals surface area contributed by atoms with Gasteiger partial charge in [0.05, 0.1) is 41.8 Å². The number of aliphatic hydroxyl groups is 1. The largest absolute Gasteiger partial charge is 0.389 e. The number of rotatable bonds is 5. The standard InChI is InChI=1S/C26H28N6O/c1-26(2,33)17-31-16-22(14-29-31)19-7-9-20(10-8-19)23-15-30-32-12-11-28-24(25(23)32)21-5-3-18(13-27)4-6-21/h7-12,14-16,18,21,33H,3-6,17H2,1-2H3/t18-,21-. The lowest BCUT2D eigenvalue weighted by Gasteiger charge is -2.24. The zero-order valence-corrected chi connectivity index (χ0v) is 19.0. The van der Waals surface area contributed by atoms with Gasteiger partial charge in [0.2, 0.25) is 0 Å². The molecule has 7 heteroatoms. The molecular formula is C26H28N6O. The molecule has 0 spiro atoms. The Hall–Kier alpha value is -3.50. The van der Waals surface area contributed by atoms with Gasteiger partial charge in [-0.05, 0) is 50.7 Å². The average Bonchev–Trinajstić information content (AvgIpc) is 3.45. The summed E-state index contributed by atoms with van der Waals surface area (Å²) >= 11 is 0. The second kappa shape index (κ2) is 8.45. The molecule has 3 aromatic heterocycles. The van der Waals surface area contributed by atoms with Crippen molar-refractivity contribution < 1.29 is 5.11 Å². The molecule has 1 saturated carbocycles. The van der Waals surface area contributed by atoms with Crippen LogP contribution in [0.25, 0.3) is 27.8 Å². The molecule has 0 unspecified atom stereocenters. The normalized spacial score (nSPS) is 19.0. The molecule has 7 nitrogen and oxygen atoms in total. The third kappa shape index (κ3) is 4.39. The molecule has 5 rings (SSSR count). The maximum atomic E-state index is 10.0. The van der Waals surface area contributed by atoms with Crippen LogP contribution in [0.5, 0.6) is 0 Å². The number of benzene rings is 1. The highest BCUT2D eigenvalue weighted by Crippen LogP contribution is 2.38. The van der Waals surface area contributed by atoms with E-state index >= 15 is 0 Å². The molecule has 0 saturated heterocycles. The topological polar surface area (TPSA) is 92.0 Å². The van der Waals surface area contributed by atoms with E-state index in [4.69, 9.17) is 4.98 Å².